The molecule has 0 aliphatic heterocycles. The predicted molar refractivity (Wildman–Crippen MR) is 71.2 cm³/mol. The van der Waals surface area contributed by atoms with Gasteiger partial charge in [0.1, 0.15) is 0 Å². The van der Waals surface area contributed by atoms with E-state index in [0.717, 1.165) is 11.1 Å². The fourth-order valence-corrected chi connectivity index (χ4v) is 1.36. The highest BCUT2D eigenvalue weighted by Crippen LogP contribution is 1.98. The molecule has 17 heavy (non-hydrogen) atoms. The van der Waals surface area contributed by atoms with Gasteiger partial charge < -0.3 is 5.73 Å². The van der Waals surface area contributed by atoms with Crippen molar-refractivity contribution in [1.29, 1.82) is 0 Å². The first-order valence-electron chi connectivity index (χ1n) is 5.33. The molecule has 3 heteroatoms. The Morgan fingerprint density at radius 3 is 2.12 bits per heavy atom. The second kappa shape index (κ2) is 5.61. The molecule has 2 aromatic rings. The van der Waals surface area contributed by atoms with Crippen LogP contribution in [0.5, 0.6) is 0 Å². The zero-order valence-corrected chi connectivity index (χ0v) is 9.32. The summed E-state index contributed by atoms with van der Waals surface area (Å²) in [6.07, 6.45) is 1.68. The van der Waals surface area contributed by atoms with Gasteiger partial charge >= 0.3 is 0 Å². The number of hydrogen-bond acceptors (Lipinski definition) is 2. The van der Waals surface area contributed by atoms with Gasteiger partial charge in [-0.25, -0.2) is 0 Å². The molecule has 0 saturated carbocycles. The van der Waals surface area contributed by atoms with Crippen molar-refractivity contribution >= 4 is 12.1 Å². The van der Waals surface area contributed by atoms with Crippen molar-refractivity contribution in [2.24, 2.45) is 15.9 Å². The molecule has 2 aromatic carbocycles. The summed E-state index contributed by atoms with van der Waals surface area (Å²) in [7, 11) is 0. The van der Waals surface area contributed by atoms with Crippen LogP contribution in [0.4, 0.5) is 0 Å². The third kappa shape index (κ3) is 3.28. The second-order valence-electron chi connectivity index (χ2n) is 3.51. The van der Waals surface area contributed by atoms with E-state index in [1.807, 2.05) is 60.7 Å². The molecule has 0 amide bonds. The molecule has 0 saturated heterocycles. The van der Waals surface area contributed by atoms with Gasteiger partial charge in [0, 0.05) is 5.56 Å². The second-order valence-corrected chi connectivity index (χ2v) is 3.51. The molecule has 0 heterocycles. The van der Waals surface area contributed by atoms with E-state index < -0.39 is 0 Å². The molecule has 0 atom stereocenters. The van der Waals surface area contributed by atoms with Crippen LogP contribution in [0.25, 0.3) is 0 Å². The molecule has 84 valence electrons. The lowest BCUT2D eigenvalue weighted by molar-refractivity contribution is 1.23. The molecular weight excluding hydrogens is 210 g/mol. The van der Waals surface area contributed by atoms with E-state index in [-0.39, 0.29) is 0 Å². The summed E-state index contributed by atoms with van der Waals surface area (Å²) in [6, 6.07) is 19.3. The first kappa shape index (κ1) is 11.1. The minimum absolute atomic E-state index is 0.415. The molecule has 2 N–H and O–H groups in total. The number of amidine groups is 1. The summed E-state index contributed by atoms with van der Waals surface area (Å²) in [4.78, 5) is 0. The van der Waals surface area contributed by atoms with Gasteiger partial charge in [-0.3, -0.25) is 0 Å². The average molecular weight is 223 g/mol. The highest BCUT2D eigenvalue weighted by Gasteiger charge is 1.94. The van der Waals surface area contributed by atoms with Crippen molar-refractivity contribution in [3.05, 3.63) is 71.8 Å². The van der Waals surface area contributed by atoms with Crippen molar-refractivity contribution in [3.8, 4) is 0 Å². The Labute approximate surface area is 100 Å². The third-order valence-electron chi connectivity index (χ3n) is 2.24. The average Bonchev–Trinajstić information content (AvgIpc) is 2.41. The summed E-state index contributed by atoms with van der Waals surface area (Å²) in [5.74, 6) is 0.415. The van der Waals surface area contributed by atoms with E-state index in [9.17, 15) is 0 Å². The lowest BCUT2D eigenvalue weighted by Gasteiger charge is -1.96. The van der Waals surface area contributed by atoms with Crippen LogP contribution in [-0.4, -0.2) is 12.1 Å². The minimum Gasteiger partial charge on any atom is -0.382 e. The summed E-state index contributed by atoms with van der Waals surface area (Å²) in [6.45, 7) is 0. The Morgan fingerprint density at radius 2 is 1.47 bits per heavy atom. The summed E-state index contributed by atoms with van der Waals surface area (Å²) in [5.41, 5.74) is 7.67. The Balaban J connectivity index is 2.09. The molecule has 0 fully saturated rings. The molecule has 0 aliphatic rings. The molecule has 0 aromatic heterocycles. The van der Waals surface area contributed by atoms with E-state index in [1.54, 1.807) is 6.21 Å². The summed E-state index contributed by atoms with van der Waals surface area (Å²) >= 11 is 0. The predicted octanol–water partition coefficient (Wildman–Crippen LogP) is 2.43. The van der Waals surface area contributed by atoms with Crippen LogP contribution >= 0.6 is 0 Å². The van der Waals surface area contributed by atoms with Gasteiger partial charge in [0.15, 0.2) is 5.84 Å². The molecule has 0 bridgehead atoms. The van der Waals surface area contributed by atoms with Crippen molar-refractivity contribution in [2.45, 2.75) is 0 Å². The van der Waals surface area contributed by atoms with Crippen LogP contribution in [0.1, 0.15) is 11.1 Å². The van der Waals surface area contributed by atoms with Crippen molar-refractivity contribution < 1.29 is 0 Å². The maximum Gasteiger partial charge on any atom is 0.153 e. The van der Waals surface area contributed by atoms with Crippen LogP contribution in [0.15, 0.2) is 70.9 Å². The van der Waals surface area contributed by atoms with Gasteiger partial charge in [-0.05, 0) is 5.56 Å². The van der Waals surface area contributed by atoms with E-state index in [2.05, 4.69) is 10.2 Å². The van der Waals surface area contributed by atoms with E-state index in [4.69, 9.17) is 5.73 Å². The van der Waals surface area contributed by atoms with Crippen LogP contribution in [0.3, 0.4) is 0 Å². The Kier molecular flexibility index (Phi) is 3.65. The first-order chi connectivity index (χ1) is 8.36. The van der Waals surface area contributed by atoms with E-state index >= 15 is 0 Å². The van der Waals surface area contributed by atoms with Gasteiger partial charge in [0.05, 0.1) is 6.21 Å². The fourth-order valence-electron chi connectivity index (χ4n) is 1.36. The molecular formula is C14H13N3. The van der Waals surface area contributed by atoms with E-state index in [0.29, 0.717) is 5.84 Å². The summed E-state index contributed by atoms with van der Waals surface area (Å²) < 4.78 is 0. The molecule has 0 aliphatic carbocycles. The molecule has 3 nitrogen and oxygen atoms in total. The highest BCUT2D eigenvalue weighted by atomic mass is 15.2. The van der Waals surface area contributed by atoms with Gasteiger partial charge in [-0.15, -0.1) is 5.10 Å². The fraction of sp³-hybridized carbons (Fsp3) is 0. The van der Waals surface area contributed by atoms with Crippen molar-refractivity contribution in [1.82, 2.24) is 0 Å². The molecule has 0 spiro atoms. The topological polar surface area (TPSA) is 50.7 Å². The van der Waals surface area contributed by atoms with E-state index in [1.165, 1.54) is 0 Å². The highest BCUT2D eigenvalue weighted by molar-refractivity contribution is 5.97. The van der Waals surface area contributed by atoms with Gasteiger partial charge in [0.25, 0.3) is 0 Å². The molecule has 0 unspecified atom stereocenters. The largest absolute Gasteiger partial charge is 0.382 e. The van der Waals surface area contributed by atoms with Gasteiger partial charge in [-0.1, -0.05) is 60.7 Å². The standard InChI is InChI=1S/C14H13N3/c15-14(13-9-5-2-6-10-13)17-16-11-12-7-3-1-4-8-12/h1-11H,(H2,15,17)/b16-11-. The summed E-state index contributed by atoms with van der Waals surface area (Å²) in [5, 5.41) is 7.91. The quantitative estimate of drug-likeness (QED) is 0.485. The smallest absolute Gasteiger partial charge is 0.153 e. The monoisotopic (exact) mass is 223 g/mol. The lowest BCUT2D eigenvalue weighted by atomic mass is 10.2. The third-order valence-corrected chi connectivity index (χ3v) is 2.24. The SMILES string of the molecule is N/C(=N/N=C\c1ccccc1)c1ccccc1. The van der Waals surface area contributed by atoms with Crippen LogP contribution in [0.2, 0.25) is 0 Å². The Morgan fingerprint density at radius 1 is 0.882 bits per heavy atom. The molecule has 2 rings (SSSR count). The normalized spacial score (nSPS) is 11.9. The number of hydrogen-bond donors (Lipinski definition) is 1. The lowest BCUT2D eigenvalue weighted by Crippen LogP contribution is -2.12. The van der Waals surface area contributed by atoms with Gasteiger partial charge in [0.2, 0.25) is 0 Å². The van der Waals surface area contributed by atoms with Crippen molar-refractivity contribution in [2.75, 3.05) is 0 Å². The number of nitrogens with zero attached hydrogens (tertiary/aromatic N) is 2. The maximum absolute atomic E-state index is 5.80. The number of rotatable bonds is 3. The number of nitrogens with two attached hydrogens (primary N) is 1. The Bertz CT molecular complexity index is 516. The van der Waals surface area contributed by atoms with Gasteiger partial charge in [-0.2, -0.15) is 5.10 Å². The minimum atomic E-state index is 0.415. The van der Waals surface area contributed by atoms with Crippen LogP contribution in [-0.2, 0) is 0 Å². The van der Waals surface area contributed by atoms with Crippen molar-refractivity contribution in [3.63, 3.8) is 0 Å². The van der Waals surface area contributed by atoms with Crippen LogP contribution in [0, 0.1) is 0 Å². The molecule has 0 radical (unpaired) electrons. The van der Waals surface area contributed by atoms with Crippen LogP contribution < -0.4 is 5.73 Å². The Hall–Kier alpha value is -2.42. The zero-order valence-electron chi connectivity index (χ0n) is 9.32. The zero-order chi connectivity index (χ0) is 11.9. The first-order valence-corrected chi connectivity index (χ1v) is 5.33. The number of benzene rings is 2. The maximum atomic E-state index is 5.80.